The predicted octanol–water partition coefficient (Wildman–Crippen LogP) is 3.52. The summed E-state index contributed by atoms with van der Waals surface area (Å²) in [6, 6.07) is 7.74. The van der Waals surface area contributed by atoms with Gasteiger partial charge in [-0.05, 0) is 31.0 Å². The van der Waals surface area contributed by atoms with Gasteiger partial charge in [-0.1, -0.05) is 29.8 Å². The maximum Gasteiger partial charge on any atom is 0.329 e. The normalized spacial score (nSPS) is 11.9. The summed E-state index contributed by atoms with van der Waals surface area (Å²) in [4.78, 5) is 17.9. The van der Waals surface area contributed by atoms with E-state index in [-0.39, 0.29) is 22.8 Å². The number of aromatic nitrogens is 2. The molecule has 0 amide bonds. The highest BCUT2D eigenvalue weighted by molar-refractivity contribution is 6.28. The van der Waals surface area contributed by atoms with Crippen molar-refractivity contribution in [2.24, 2.45) is 0 Å². The number of rotatable bonds is 4. The third-order valence-corrected chi connectivity index (χ3v) is 3.05. The molecule has 20 heavy (non-hydrogen) atoms. The second-order valence-corrected chi connectivity index (χ2v) is 4.74. The minimum atomic E-state index is -0.541. The lowest BCUT2D eigenvalue weighted by molar-refractivity contribution is -0.384. The van der Waals surface area contributed by atoms with Crippen LogP contribution in [0, 0.1) is 17.0 Å². The van der Waals surface area contributed by atoms with Gasteiger partial charge in [-0.3, -0.25) is 10.1 Å². The first-order chi connectivity index (χ1) is 9.47. The van der Waals surface area contributed by atoms with Crippen LogP contribution >= 0.6 is 11.6 Å². The molecule has 104 valence electrons. The van der Waals surface area contributed by atoms with Crippen molar-refractivity contribution in [3.63, 3.8) is 0 Å². The summed E-state index contributed by atoms with van der Waals surface area (Å²) < 4.78 is 0. The van der Waals surface area contributed by atoms with E-state index in [2.05, 4.69) is 15.3 Å². The quantitative estimate of drug-likeness (QED) is 0.530. The van der Waals surface area contributed by atoms with Gasteiger partial charge in [0.2, 0.25) is 11.1 Å². The van der Waals surface area contributed by atoms with Crippen molar-refractivity contribution in [2.45, 2.75) is 19.9 Å². The zero-order valence-electron chi connectivity index (χ0n) is 11.0. The van der Waals surface area contributed by atoms with Crippen LogP contribution in [0.1, 0.15) is 24.1 Å². The van der Waals surface area contributed by atoms with E-state index in [9.17, 15) is 10.1 Å². The molecule has 7 heteroatoms. The summed E-state index contributed by atoms with van der Waals surface area (Å²) in [5.74, 6) is 0.114. The van der Waals surface area contributed by atoms with E-state index in [4.69, 9.17) is 11.6 Å². The highest BCUT2D eigenvalue weighted by Gasteiger charge is 2.19. The SMILES string of the molecule is Cc1ccc(C(C)Nc2nc(Cl)ncc2[N+](=O)[O-])cc1. The van der Waals surface area contributed by atoms with Crippen LogP contribution in [0.25, 0.3) is 0 Å². The fraction of sp³-hybridized carbons (Fsp3) is 0.231. The van der Waals surface area contributed by atoms with Gasteiger partial charge in [0.1, 0.15) is 6.20 Å². The largest absolute Gasteiger partial charge is 0.358 e. The average molecular weight is 293 g/mol. The van der Waals surface area contributed by atoms with Gasteiger partial charge in [-0.15, -0.1) is 0 Å². The number of hydrogen-bond donors (Lipinski definition) is 1. The van der Waals surface area contributed by atoms with Crippen LogP contribution in [0.2, 0.25) is 5.28 Å². The summed E-state index contributed by atoms with van der Waals surface area (Å²) in [6.07, 6.45) is 1.10. The second-order valence-electron chi connectivity index (χ2n) is 4.41. The molecule has 0 saturated carbocycles. The molecular formula is C13H13ClN4O2. The van der Waals surface area contributed by atoms with E-state index in [1.165, 1.54) is 0 Å². The van der Waals surface area contributed by atoms with Crippen molar-refractivity contribution >= 4 is 23.1 Å². The highest BCUT2D eigenvalue weighted by Crippen LogP contribution is 2.26. The lowest BCUT2D eigenvalue weighted by Crippen LogP contribution is -2.10. The van der Waals surface area contributed by atoms with Gasteiger partial charge in [-0.2, -0.15) is 4.98 Å². The van der Waals surface area contributed by atoms with Crippen LogP contribution in [-0.2, 0) is 0 Å². The summed E-state index contributed by atoms with van der Waals surface area (Å²) >= 11 is 5.69. The van der Waals surface area contributed by atoms with E-state index < -0.39 is 4.92 Å². The molecule has 0 saturated heterocycles. The number of halogens is 1. The fourth-order valence-electron chi connectivity index (χ4n) is 1.74. The third kappa shape index (κ3) is 3.21. The van der Waals surface area contributed by atoms with E-state index in [0.29, 0.717) is 0 Å². The molecule has 0 aliphatic rings. The summed E-state index contributed by atoms with van der Waals surface area (Å²) in [6.45, 7) is 3.89. The van der Waals surface area contributed by atoms with Crippen LogP contribution in [0.4, 0.5) is 11.5 Å². The number of benzene rings is 1. The molecule has 1 aromatic carbocycles. The van der Waals surface area contributed by atoms with E-state index >= 15 is 0 Å². The zero-order chi connectivity index (χ0) is 14.7. The zero-order valence-corrected chi connectivity index (χ0v) is 11.8. The maximum absolute atomic E-state index is 10.9. The standard InChI is InChI=1S/C13H13ClN4O2/c1-8-3-5-10(6-4-8)9(2)16-12-11(18(19)20)7-15-13(14)17-12/h3-7,9H,1-2H3,(H,15,16,17). The Morgan fingerprint density at radius 1 is 1.35 bits per heavy atom. The molecule has 6 nitrogen and oxygen atoms in total. The Hall–Kier alpha value is -2.21. The van der Waals surface area contributed by atoms with Crippen molar-refractivity contribution in [1.29, 1.82) is 0 Å². The summed E-state index contributed by atoms with van der Waals surface area (Å²) in [7, 11) is 0. The molecule has 0 spiro atoms. The molecular weight excluding hydrogens is 280 g/mol. The topological polar surface area (TPSA) is 81.0 Å². The van der Waals surface area contributed by atoms with E-state index in [1.807, 2.05) is 38.1 Å². The van der Waals surface area contributed by atoms with Crippen LogP contribution in [0.15, 0.2) is 30.5 Å². The molecule has 2 aromatic rings. The molecule has 0 aliphatic carbocycles. The van der Waals surface area contributed by atoms with Gasteiger partial charge in [0.05, 0.1) is 11.0 Å². The lowest BCUT2D eigenvalue weighted by Gasteiger charge is -2.15. The molecule has 1 N–H and O–H groups in total. The molecule has 1 atom stereocenters. The van der Waals surface area contributed by atoms with Crippen molar-refractivity contribution in [1.82, 2.24) is 9.97 Å². The lowest BCUT2D eigenvalue weighted by atomic mass is 10.1. The van der Waals surface area contributed by atoms with Crippen LogP contribution in [0.5, 0.6) is 0 Å². The van der Waals surface area contributed by atoms with Crippen LogP contribution in [0.3, 0.4) is 0 Å². The Morgan fingerprint density at radius 2 is 2.00 bits per heavy atom. The Bertz CT molecular complexity index is 631. The molecule has 0 radical (unpaired) electrons. The number of aryl methyl sites for hydroxylation is 1. The van der Waals surface area contributed by atoms with Crippen molar-refractivity contribution in [2.75, 3.05) is 5.32 Å². The van der Waals surface area contributed by atoms with E-state index in [0.717, 1.165) is 17.3 Å². The monoisotopic (exact) mass is 292 g/mol. The first-order valence-electron chi connectivity index (χ1n) is 5.97. The van der Waals surface area contributed by atoms with Gasteiger partial charge in [-0.25, -0.2) is 4.98 Å². The Morgan fingerprint density at radius 3 is 2.60 bits per heavy atom. The van der Waals surface area contributed by atoms with Crippen LogP contribution in [-0.4, -0.2) is 14.9 Å². The third-order valence-electron chi connectivity index (χ3n) is 2.87. The molecule has 1 heterocycles. The van der Waals surface area contributed by atoms with Gasteiger partial charge in [0.15, 0.2) is 0 Å². The van der Waals surface area contributed by atoms with Gasteiger partial charge < -0.3 is 5.32 Å². The summed E-state index contributed by atoms with van der Waals surface area (Å²) in [5.41, 5.74) is 1.95. The Kier molecular flexibility index (Phi) is 4.14. The Labute approximate surface area is 121 Å². The Balaban J connectivity index is 2.27. The van der Waals surface area contributed by atoms with Crippen molar-refractivity contribution in [3.8, 4) is 0 Å². The molecule has 0 fully saturated rings. The predicted molar refractivity (Wildman–Crippen MR) is 76.9 cm³/mol. The van der Waals surface area contributed by atoms with Crippen molar-refractivity contribution < 1.29 is 4.92 Å². The van der Waals surface area contributed by atoms with Gasteiger partial charge in [0.25, 0.3) is 0 Å². The fourth-order valence-corrected chi connectivity index (χ4v) is 1.87. The second kappa shape index (κ2) is 5.83. The molecule has 1 unspecified atom stereocenters. The van der Waals surface area contributed by atoms with Gasteiger partial charge >= 0.3 is 5.69 Å². The first kappa shape index (κ1) is 14.2. The first-order valence-corrected chi connectivity index (χ1v) is 6.35. The molecule has 0 aliphatic heterocycles. The summed E-state index contributed by atoms with van der Waals surface area (Å²) in [5, 5.41) is 13.9. The number of nitrogens with zero attached hydrogens (tertiary/aromatic N) is 3. The van der Waals surface area contributed by atoms with Crippen molar-refractivity contribution in [3.05, 3.63) is 57.0 Å². The highest BCUT2D eigenvalue weighted by atomic mass is 35.5. The maximum atomic E-state index is 10.9. The minimum Gasteiger partial charge on any atom is -0.358 e. The number of nitro groups is 1. The minimum absolute atomic E-state index is 0.0331. The smallest absolute Gasteiger partial charge is 0.329 e. The average Bonchev–Trinajstić information content (AvgIpc) is 2.39. The van der Waals surface area contributed by atoms with Gasteiger partial charge in [0, 0.05) is 0 Å². The number of nitrogens with one attached hydrogen (secondary N) is 1. The molecule has 2 rings (SSSR count). The number of hydrogen-bond acceptors (Lipinski definition) is 5. The number of anilines is 1. The molecule has 0 bridgehead atoms. The van der Waals surface area contributed by atoms with Crippen LogP contribution < -0.4 is 5.32 Å². The van der Waals surface area contributed by atoms with E-state index in [1.54, 1.807) is 0 Å². The molecule has 1 aromatic heterocycles.